The molecule has 1 N–H and O–H groups in total. The Hall–Kier alpha value is -0.790. The van der Waals surface area contributed by atoms with E-state index in [2.05, 4.69) is 12.2 Å². The van der Waals surface area contributed by atoms with Crippen LogP contribution in [0.5, 0.6) is 0 Å². The van der Waals surface area contributed by atoms with Gasteiger partial charge in [0.05, 0.1) is 0 Å². The van der Waals surface area contributed by atoms with Crippen molar-refractivity contribution < 1.29 is 4.79 Å². The highest BCUT2D eigenvalue weighted by Gasteiger charge is 1.93. The molecule has 0 rings (SSSR count). The van der Waals surface area contributed by atoms with Crippen LogP contribution in [0.15, 0.2) is 11.8 Å². The fourth-order valence-electron chi connectivity index (χ4n) is 1.90. The molecule has 17 heavy (non-hydrogen) atoms. The molecule has 0 saturated carbocycles. The van der Waals surface area contributed by atoms with Crippen molar-refractivity contribution in [3.05, 3.63) is 11.8 Å². The van der Waals surface area contributed by atoms with Crippen LogP contribution in [0.3, 0.4) is 0 Å². The number of hydrogen-bond acceptors (Lipinski definition) is 2. The van der Waals surface area contributed by atoms with Crippen molar-refractivity contribution in [3.8, 4) is 0 Å². The smallest absolute Gasteiger partial charge is 0.154 e. The summed E-state index contributed by atoms with van der Waals surface area (Å²) in [7, 11) is 0. The van der Waals surface area contributed by atoms with Gasteiger partial charge in [0, 0.05) is 12.2 Å². The lowest BCUT2D eigenvalue weighted by Crippen LogP contribution is -2.13. The van der Waals surface area contributed by atoms with Gasteiger partial charge in [-0.25, -0.2) is 0 Å². The summed E-state index contributed by atoms with van der Waals surface area (Å²) in [6, 6.07) is 0. The molecule has 0 heterocycles. The van der Waals surface area contributed by atoms with Gasteiger partial charge in [-0.15, -0.1) is 0 Å². The summed E-state index contributed by atoms with van der Waals surface area (Å²) in [5.74, 6) is 0.117. The maximum Gasteiger partial charge on any atom is 0.154 e. The standard InChI is InChI=1S/C15H29NO/c1-4-5-6-7-8-9-10-11-12-16-14(2)13-15(3)17/h13,16H,4-12H2,1-3H3/b14-13+. The summed E-state index contributed by atoms with van der Waals surface area (Å²) < 4.78 is 0. The second-order valence-electron chi connectivity index (χ2n) is 4.84. The molecule has 0 atom stereocenters. The van der Waals surface area contributed by atoms with Gasteiger partial charge in [0.15, 0.2) is 5.78 Å². The van der Waals surface area contributed by atoms with E-state index in [1.807, 2.05) is 6.92 Å². The summed E-state index contributed by atoms with van der Waals surface area (Å²) in [6.07, 6.45) is 12.4. The van der Waals surface area contributed by atoms with E-state index >= 15 is 0 Å². The zero-order valence-electron chi connectivity index (χ0n) is 11.8. The van der Waals surface area contributed by atoms with Crippen LogP contribution in [0, 0.1) is 0 Å². The largest absolute Gasteiger partial charge is 0.388 e. The van der Waals surface area contributed by atoms with Gasteiger partial charge in [0.25, 0.3) is 0 Å². The fourth-order valence-corrected chi connectivity index (χ4v) is 1.90. The first kappa shape index (κ1) is 16.2. The average molecular weight is 239 g/mol. The third kappa shape index (κ3) is 13.1. The topological polar surface area (TPSA) is 29.1 Å². The van der Waals surface area contributed by atoms with E-state index in [0.717, 1.165) is 12.2 Å². The van der Waals surface area contributed by atoms with E-state index in [0.29, 0.717) is 0 Å². The lowest BCUT2D eigenvalue weighted by molar-refractivity contribution is -0.112. The Bertz CT molecular complexity index is 221. The lowest BCUT2D eigenvalue weighted by atomic mass is 10.1. The second-order valence-corrected chi connectivity index (χ2v) is 4.84. The normalized spacial score (nSPS) is 11.6. The molecule has 0 spiro atoms. The number of ketones is 1. The van der Waals surface area contributed by atoms with Crippen molar-refractivity contribution in [1.29, 1.82) is 0 Å². The minimum atomic E-state index is 0.117. The molecule has 100 valence electrons. The Morgan fingerprint density at radius 1 is 0.941 bits per heavy atom. The quantitative estimate of drug-likeness (QED) is 0.432. The van der Waals surface area contributed by atoms with Gasteiger partial charge in [0.1, 0.15) is 0 Å². The molecule has 0 bridgehead atoms. The predicted molar refractivity (Wildman–Crippen MR) is 75.1 cm³/mol. The Balaban J connectivity index is 3.21. The summed E-state index contributed by atoms with van der Waals surface area (Å²) in [5, 5.41) is 3.27. The van der Waals surface area contributed by atoms with Crippen LogP contribution >= 0.6 is 0 Å². The average Bonchev–Trinajstić information content (AvgIpc) is 2.26. The lowest BCUT2D eigenvalue weighted by Gasteiger charge is -2.05. The van der Waals surface area contributed by atoms with Crippen molar-refractivity contribution in [2.24, 2.45) is 0 Å². The minimum absolute atomic E-state index is 0.117. The van der Waals surface area contributed by atoms with Crippen LogP contribution in [-0.2, 0) is 4.79 Å². The molecule has 0 unspecified atom stereocenters. The van der Waals surface area contributed by atoms with E-state index in [1.165, 1.54) is 51.4 Å². The van der Waals surface area contributed by atoms with Gasteiger partial charge in [-0.3, -0.25) is 4.79 Å². The monoisotopic (exact) mass is 239 g/mol. The van der Waals surface area contributed by atoms with Gasteiger partial charge >= 0.3 is 0 Å². The first-order chi connectivity index (χ1) is 8.16. The van der Waals surface area contributed by atoms with Crippen molar-refractivity contribution >= 4 is 5.78 Å². The molecule has 0 fully saturated rings. The zero-order valence-corrected chi connectivity index (χ0v) is 11.8. The first-order valence-corrected chi connectivity index (χ1v) is 7.09. The third-order valence-corrected chi connectivity index (χ3v) is 2.85. The molecule has 0 aromatic carbocycles. The SMILES string of the molecule is CCCCCCCCCCN/C(C)=C/C(C)=O. The Morgan fingerprint density at radius 2 is 1.47 bits per heavy atom. The zero-order chi connectivity index (χ0) is 12.9. The highest BCUT2D eigenvalue weighted by atomic mass is 16.1. The van der Waals surface area contributed by atoms with Crippen LogP contribution in [0.25, 0.3) is 0 Å². The van der Waals surface area contributed by atoms with Crippen LogP contribution in [0.4, 0.5) is 0 Å². The van der Waals surface area contributed by atoms with E-state index in [-0.39, 0.29) is 5.78 Å². The van der Waals surface area contributed by atoms with Gasteiger partial charge in [-0.1, -0.05) is 51.9 Å². The van der Waals surface area contributed by atoms with Crippen molar-refractivity contribution in [3.63, 3.8) is 0 Å². The van der Waals surface area contributed by atoms with Gasteiger partial charge in [0.2, 0.25) is 0 Å². The highest BCUT2D eigenvalue weighted by Crippen LogP contribution is 2.07. The molecule has 0 amide bonds. The number of nitrogens with one attached hydrogen (secondary N) is 1. The summed E-state index contributed by atoms with van der Waals surface area (Å²) in [5.41, 5.74) is 0.987. The second kappa shape index (κ2) is 11.7. The van der Waals surface area contributed by atoms with Gasteiger partial charge in [-0.05, 0) is 26.3 Å². The molecule has 2 nitrogen and oxygen atoms in total. The molecule has 0 aromatic rings. The number of carbonyl (C=O) groups is 1. The van der Waals surface area contributed by atoms with Crippen LogP contribution in [0.2, 0.25) is 0 Å². The Labute approximate surface area is 107 Å². The van der Waals surface area contributed by atoms with Crippen molar-refractivity contribution in [2.75, 3.05) is 6.54 Å². The Morgan fingerprint density at radius 3 is 2.00 bits per heavy atom. The molecule has 2 heteroatoms. The van der Waals surface area contributed by atoms with Crippen LogP contribution < -0.4 is 5.32 Å². The van der Waals surface area contributed by atoms with E-state index in [9.17, 15) is 4.79 Å². The third-order valence-electron chi connectivity index (χ3n) is 2.85. The molecule has 0 saturated heterocycles. The minimum Gasteiger partial charge on any atom is -0.388 e. The predicted octanol–water partition coefficient (Wildman–Crippen LogP) is 4.21. The molecule has 0 aliphatic carbocycles. The molecular weight excluding hydrogens is 210 g/mol. The van der Waals surface area contributed by atoms with Gasteiger partial charge < -0.3 is 5.32 Å². The van der Waals surface area contributed by atoms with Crippen molar-refractivity contribution in [2.45, 2.75) is 72.1 Å². The Kier molecular flexibility index (Phi) is 11.1. The number of carbonyl (C=O) groups excluding carboxylic acids is 1. The van der Waals surface area contributed by atoms with Crippen LogP contribution in [0.1, 0.15) is 72.1 Å². The molecule has 0 aromatic heterocycles. The highest BCUT2D eigenvalue weighted by molar-refractivity contribution is 5.87. The summed E-state index contributed by atoms with van der Waals surface area (Å²) >= 11 is 0. The molecule has 0 aliphatic rings. The number of rotatable bonds is 11. The fraction of sp³-hybridized carbons (Fsp3) is 0.800. The maximum atomic E-state index is 10.8. The summed E-state index contributed by atoms with van der Waals surface area (Å²) in [6.45, 7) is 6.78. The number of allylic oxidation sites excluding steroid dienone is 2. The maximum absolute atomic E-state index is 10.8. The van der Waals surface area contributed by atoms with E-state index < -0.39 is 0 Å². The van der Waals surface area contributed by atoms with E-state index in [1.54, 1.807) is 13.0 Å². The van der Waals surface area contributed by atoms with Gasteiger partial charge in [-0.2, -0.15) is 0 Å². The summed E-state index contributed by atoms with van der Waals surface area (Å²) in [4.78, 5) is 10.8. The molecule has 0 radical (unpaired) electrons. The van der Waals surface area contributed by atoms with E-state index in [4.69, 9.17) is 0 Å². The first-order valence-electron chi connectivity index (χ1n) is 7.09. The van der Waals surface area contributed by atoms with Crippen LogP contribution in [-0.4, -0.2) is 12.3 Å². The number of hydrogen-bond donors (Lipinski definition) is 1. The molecule has 0 aliphatic heterocycles. The molecular formula is C15H29NO. The number of unbranched alkanes of at least 4 members (excludes halogenated alkanes) is 7. The van der Waals surface area contributed by atoms with Crippen molar-refractivity contribution in [1.82, 2.24) is 5.32 Å².